The van der Waals surface area contributed by atoms with Gasteiger partial charge in [0, 0.05) is 12.7 Å². The Morgan fingerprint density at radius 1 is 1.44 bits per heavy atom. The van der Waals surface area contributed by atoms with Crippen molar-refractivity contribution >= 4 is 43.2 Å². The maximum atomic E-state index is 4.90. The van der Waals surface area contributed by atoms with Gasteiger partial charge in [-0.2, -0.15) is 5.10 Å². The molecule has 0 atom stereocenters. The molecule has 0 fully saturated rings. The summed E-state index contributed by atoms with van der Waals surface area (Å²) in [6.07, 6.45) is 0. The van der Waals surface area contributed by atoms with E-state index in [9.17, 15) is 0 Å². The number of hydrazone groups is 1. The Morgan fingerprint density at radius 3 is 2.56 bits per heavy atom. The molecular weight excluding hydrogens is 343 g/mol. The molecule has 4 nitrogen and oxygen atoms in total. The molecule has 0 radical (unpaired) electrons. The van der Waals surface area contributed by atoms with E-state index in [2.05, 4.69) is 41.0 Å². The maximum absolute atomic E-state index is 4.90. The molecule has 8 heteroatoms. The van der Waals surface area contributed by atoms with E-state index >= 15 is 0 Å². The number of aromatic nitrogens is 1. The zero-order valence-electron chi connectivity index (χ0n) is 10.1. The summed E-state index contributed by atoms with van der Waals surface area (Å²) in [4.78, 5) is 4.34. The first-order valence-corrected chi connectivity index (χ1v) is 7.82. The Hall–Kier alpha value is -0.391. The van der Waals surface area contributed by atoms with Gasteiger partial charge >= 0.3 is 33.3 Å². The van der Waals surface area contributed by atoms with Crippen molar-refractivity contribution in [1.82, 2.24) is 15.7 Å². The molecule has 0 saturated carbocycles. The number of hydrogen-bond acceptors (Lipinski definition) is 3. The van der Waals surface area contributed by atoms with Crippen LogP contribution in [0.15, 0.2) is 23.3 Å². The van der Waals surface area contributed by atoms with Crippen molar-refractivity contribution in [1.29, 1.82) is 0 Å². The van der Waals surface area contributed by atoms with Crippen LogP contribution in [0.5, 0.6) is 0 Å². The Balaban J connectivity index is 0.000000873. The molecule has 1 aromatic heterocycles. The van der Waals surface area contributed by atoms with Crippen LogP contribution in [0, 0.1) is 6.92 Å². The third kappa shape index (κ3) is 7.84. The second-order valence-corrected chi connectivity index (χ2v) is 5.06. The first-order chi connectivity index (χ1) is 8.54. The number of nitrogens with zero attached hydrogens (tertiary/aromatic N) is 2. The first-order valence-electron chi connectivity index (χ1n) is 4.82. The quantitative estimate of drug-likeness (QED) is 0.370. The van der Waals surface area contributed by atoms with Gasteiger partial charge in [-0.15, -0.1) is 0 Å². The predicted octanol–water partition coefficient (Wildman–Crippen LogP) is 2.58. The van der Waals surface area contributed by atoms with E-state index in [4.69, 9.17) is 12.2 Å². The fraction of sp³-hybridized carbons (Fsp3) is 0.300. The third-order valence-corrected chi connectivity index (χ3v) is 2.11. The van der Waals surface area contributed by atoms with Gasteiger partial charge in [-0.05, 0) is 38.2 Å². The Bertz CT molecular complexity index is 415. The zero-order chi connectivity index (χ0) is 14.0. The summed E-state index contributed by atoms with van der Waals surface area (Å²) < 4.78 is 0. The van der Waals surface area contributed by atoms with Gasteiger partial charge in [-0.25, -0.2) is 0 Å². The summed E-state index contributed by atoms with van der Waals surface area (Å²) in [5, 5.41) is 7.37. The fourth-order valence-corrected chi connectivity index (χ4v) is 1.04. The molecule has 0 aliphatic heterocycles. The summed E-state index contributed by atoms with van der Waals surface area (Å²) in [6, 6.07) is 5.81. The number of aryl methyl sites for hydroxylation is 1. The van der Waals surface area contributed by atoms with Gasteiger partial charge in [0.2, 0.25) is 0 Å². The standard InChI is InChI=1S/C10H14N4S.2ClH.Cu/c1-7-5-4-6-9(12-7)8(2)13-14-10(15)11-3;;;/h4-6H,1-3H3,(H2,11,14,15);2*1H;/q;;;+2/p-2. The minimum atomic E-state index is 0.488. The molecule has 0 aliphatic carbocycles. The van der Waals surface area contributed by atoms with Crippen LogP contribution in [0.1, 0.15) is 18.3 Å². The summed E-state index contributed by atoms with van der Waals surface area (Å²) in [5.41, 5.74) is 5.34. The van der Waals surface area contributed by atoms with Crippen molar-refractivity contribution in [2.24, 2.45) is 5.10 Å². The van der Waals surface area contributed by atoms with Crippen LogP contribution in [0.2, 0.25) is 0 Å². The van der Waals surface area contributed by atoms with Gasteiger partial charge in [0.15, 0.2) is 5.11 Å². The summed E-state index contributed by atoms with van der Waals surface area (Å²) in [7, 11) is 11.1. The minimum absolute atomic E-state index is 0.488. The molecule has 2 N–H and O–H groups in total. The molecule has 1 aromatic rings. The normalized spacial score (nSPS) is 10.4. The molecule has 18 heavy (non-hydrogen) atoms. The molecule has 1 rings (SSSR count). The molecular formula is C10H14Cl2CuN4S. The van der Waals surface area contributed by atoms with Crippen molar-refractivity contribution in [3.05, 3.63) is 29.6 Å². The summed E-state index contributed by atoms with van der Waals surface area (Å²) in [5.74, 6) is 0. The Labute approximate surface area is 127 Å². The molecule has 0 aromatic carbocycles. The van der Waals surface area contributed by atoms with E-state index in [1.54, 1.807) is 7.05 Å². The van der Waals surface area contributed by atoms with Crippen LogP contribution < -0.4 is 10.7 Å². The molecule has 105 valence electrons. The van der Waals surface area contributed by atoms with E-state index in [-0.39, 0.29) is 0 Å². The van der Waals surface area contributed by atoms with Gasteiger partial charge in [0.05, 0.1) is 11.4 Å². The van der Waals surface area contributed by atoms with E-state index in [1.165, 1.54) is 0 Å². The van der Waals surface area contributed by atoms with Gasteiger partial charge in [-0.1, -0.05) is 6.07 Å². The van der Waals surface area contributed by atoms with Gasteiger partial charge < -0.3 is 5.32 Å². The van der Waals surface area contributed by atoms with Crippen molar-refractivity contribution in [2.45, 2.75) is 13.8 Å². The number of hydrogen-bond donors (Lipinski definition) is 2. The van der Waals surface area contributed by atoms with Crippen LogP contribution in [0.4, 0.5) is 0 Å². The SMILES string of the molecule is CNC(=S)NN=C(C)c1cccc(C)n1.[Cl][Cu][Cl]. The Morgan fingerprint density at radius 2 is 2.06 bits per heavy atom. The number of nitrogens with one attached hydrogen (secondary N) is 2. The second-order valence-electron chi connectivity index (χ2n) is 3.10. The number of pyridine rings is 1. The molecule has 0 amide bonds. The van der Waals surface area contributed by atoms with Gasteiger partial charge in [0.25, 0.3) is 0 Å². The van der Waals surface area contributed by atoms with E-state index in [1.807, 2.05) is 32.0 Å². The predicted molar refractivity (Wildman–Crippen MR) is 77.7 cm³/mol. The van der Waals surface area contributed by atoms with Gasteiger partial charge in [-0.3, -0.25) is 10.4 Å². The molecule has 0 aliphatic rings. The average Bonchev–Trinajstić information content (AvgIpc) is 2.36. The van der Waals surface area contributed by atoms with E-state index < -0.39 is 0 Å². The van der Waals surface area contributed by atoms with Crippen LogP contribution in [0.25, 0.3) is 0 Å². The first kappa shape index (κ1) is 17.6. The topological polar surface area (TPSA) is 49.3 Å². The monoisotopic (exact) mass is 355 g/mol. The van der Waals surface area contributed by atoms with Crippen LogP contribution >= 0.6 is 32.4 Å². The summed E-state index contributed by atoms with van der Waals surface area (Å²) >= 11 is 5.66. The molecule has 0 bridgehead atoms. The number of thiocarbonyl (C=S) groups is 1. The number of halogens is 2. The molecule has 0 unspecified atom stereocenters. The molecule has 1 heterocycles. The summed E-state index contributed by atoms with van der Waals surface area (Å²) in [6.45, 7) is 3.83. The van der Waals surface area contributed by atoms with E-state index in [0.29, 0.717) is 5.11 Å². The van der Waals surface area contributed by atoms with Gasteiger partial charge in [0.1, 0.15) is 0 Å². The molecule has 0 saturated heterocycles. The Kier molecular flexibility index (Phi) is 10.3. The van der Waals surface area contributed by atoms with E-state index in [0.717, 1.165) is 30.2 Å². The number of rotatable bonds is 2. The van der Waals surface area contributed by atoms with Crippen LogP contribution in [-0.4, -0.2) is 22.9 Å². The zero-order valence-corrected chi connectivity index (χ0v) is 13.4. The van der Waals surface area contributed by atoms with Crippen molar-refractivity contribution in [3.63, 3.8) is 0 Å². The third-order valence-electron chi connectivity index (χ3n) is 1.81. The van der Waals surface area contributed by atoms with Crippen LogP contribution in [-0.2, 0) is 13.1 Å². The molecule has 0 spiro atoms. The van der Waals surface area contributed by atoms with Crippen LogP contribution in [0.3, 0.4) is 0 Å². The fourth-order valence-electron chi connectivity index (χ4n) is 0.992. The second kappa shape index (κ2) is 10.5. The van der Waals surface area contributed by atoms with Crippen molar-refractivity contribution in [2.75, 3.05) is 7.05 Å². The van der Waals surface area contributed by atoms with Crippen molar-refractivity contribution in [3.8, 4) is 0 Å². The average molecular weight is 357 g/mol. The van der Waals surface area contributed by atoms with Crippen molar-refractivity contribution < 1.29 is 13.1 Å².